The summed E-state index contributed by atoms with van der Waals surface area (Å²) in [4.78, 5) is 5.50. The first-order chi connectivity index (χ1) is 12.4. The van der Waals surface area contributed by atoms with Crippen molar-refractivity contribution in [2.24, 2.45) is 5.16 Å². The summed E-state index contributed by atoms with van der Waals surface area (Å²) >= 11 is 0. The summed E-state index contributed by atoms with van der Waals surface area (Å²) in [6.45, 7) is 0.138. The molecule has 0 amide bonds. The van der Waals surface area contributed by atoms with E-state index in [1.54, 1.807) is 44.6 Å². The third kappa shape index (κ3) is 4.53. The number of hydrogen-bond acceptors (Lipinski definition) is 6. The lowest BCUT2D eigenvalue weighted by atomic mass is 10.2. The molecule has 8 heteroatoms. The number of methoxy groups -OCH3 is 2. The lowest BCUT2D eigenvalue weighted by molar-refractivity contribution is 0.132. The summed E-state index contributed by atoms with van der Waals surface area (Å²) in [5.41, 5.74) is 1.40. The minimum atomic E-state index is -3.48. The Labute approximate surface area is 153 Å². The van der Waals surface area contributed by atoms with Crippen molar-refractivity contribution in [3.05, 3.63) is 53.6 Å². The quantitative estimate of drug-likeness (QED) is 0.521. The molecule has 2 aromatic carbocycles. The molecule has 7 nitrogen and oxygen atoms in total. The summed E-state index contributed by atoms with van der Waals surface area (Å²) in [6.07, 6.45) is 1.52. The van der Waals surface area contributed by atoms with Crippen LogP contribution in [0.2, 0.25) is 0 Å². The van der Waals surface area contributed by atoms with Crippen molar-refractivity contribution in [3.63, 3.8) is 0 Å². The van der Waals surface area contributed by atoms with Gasteiger partial charge < -0.3 is 14.3 Å². The molecule has 0 N–H and O–H groups in total. The molecule has 0 heterocycles. The monoisotopic (exact) mass is 378 g/mol. The Morgan fingerprint density at radius 3 is 2.46 bits per heavy atom. The Morgan fingerprint density at radius 1 is 1.08 bits per heavy atom. The lowest BCUT2D eigenvalue weighted by Crippen LogP contribution is -2.22. The van der Waals surface area contributed by atoms with E-state index in [4.69, 9.17) is 14.3 Å². The Kier molecular flexibility index (Phi) is 6.59. The van der Waals surface area contributed by atoms with Crippen LogP contribution in [0.5, 0.6) is 11.5 Å². The summed E-state index contributed by atoms with van der Waals surface area (Å²) in [6, 6.07) is 12.0. The van der Waals surface area contributed by atoms with E-state index in [2.05, 4.69) is 5.16 Å². The van der Waals surface area contributed by atoms with Gasteiger partial charge in [-0.05, 0) is 29.8 Å². The fraction of sp³-hybridized carbons (Fsp3) is 0.278. The minimum absolute atomic E-state index is 0.138. The van der Waals surface area contributed by atoms with Gasteiger partial charge in [-0.3, -0.25) is 0 Å². The molecule has 0 radical (unpaired) electrons. The first-order valence-electron chi connectivity index (χ1n) is 7.78. The topological polar surface area (TPSA) is 77.4 Å². The molecule has 0 unspecified atom stereocenters. The van der Waals surface area contributed by atoms with Crippen LogP contribution in [-0.4, -0.2) is 47.3 Å². The number of ether oxygens (including phenoxy) is 2. The molecule has 0 aliphatic heterocycles. The van der Waals surface area contributed by atoms with E-state index in [0.717, 1.165) is 0 Å². The van der Waals surface area contributed by atoms with E-state index in [1.807, 2.05) is 12.1 Å². The van der Waals surface area contributed by atoms with Gasteiger partial charge >= 0.3 is 0 Å². The second kappa shape index (κ2) is 8.68. The zero-order valence-electron chi connectivity index (χ0n) is 15.2. The first kappa shape index (κ1) is 19.7. The van der Waals surface area contributed by atoms with Crippen LogP contribution in [0.4, 0.5) is 0 Å². The minimum Gasteiger partial charge on any atom is -0.493 e. The van der Waals surface area contributed by atoms with Gasteiger partial charge in [-0.15, -0.1) is 0 Å². The molecule has 0 bridgehead atoms. The fourth-order valence-electron chi connectivity index (χ4n) is 2.23. The predicted molar refractivity (Wildman–Crippen MR) is 99.2 cm³/mol. The standard InChI is InChI=1S/C18H22N2O5S/c1-20(2)26(21,22)16-9-5-7-14(11-16)13-25-19-12-15-8-6-10-17(23-3)18(15)24-4/h5-12H,13H2,1-4H3. The molecule has 2 rings (SSSR count). The molecule has 0 spiro atoms. The Morgan fingerprint density at radius 2 is 1.81 bits per heavy atom. The molecule has 0 aliphatic carbocycles. The average molecular weight is 378 g/mol. The molecule has 0 aromatic heterocycles. The molecule has 26 heavy (non-hydrogen) atoms. The highest BCUT2D eigenvalue weighted by molar-refractivity contribution is 7.89. The number of nitrogens with zero attached hydrogens (tertiary/aromatic N) is 2. The van der Waals surface area contributed by atoms with Crippen LogP contribution >= 0.6 is 0 Å². The van der Waals surface area contributed by atoms with Gasteiger partial charge in [0, 0.05) is 19.7 Å². The number of hydrogen-bond donors (Lipinski definition) is 0. The summed E-state index contributed by atoms with van der Waals surface area (Å²) < 4.78 is 36.0. The molecule has 0 saturated heterocycles. The van der Waals surface area contributed by atoms with Gasteiger partial charge in [-0.25, -0.2) is 12.7 Å². The number of benzene rings is 2. The van der Waals surface area contributed by atoms with Gasteiger partial charge in [0.25, 0.3) is 0 Å². The van der Waals surface area contributed by atoms with Gasteiger partial charge in [0.15, 0.2) is 11.5 Å². The van der Waals surface area contributed by atoms with E-state index in [1.165, 1.54) is 24.6 Å². The van der Waals surface area contributed by atoms with Crippen LogP contribution in [0.3, 0.4) is 0 Å². The van der Waals surface area contributed by atoms with Crippen molar-refractivity contribution < 1.29 is 22.7 Å². The SMILES string of the molecule is COc1cccc(C=NOCc2cccc(S(=O)(=O)N(C)C)c2)c1OC. The largest absolute Gasteiger partial charge is 0.493 e. The summed E-state index contributed by atoms with van der Waals surface area (Å²) in [7, 11) is 2.61. The van der Waals surface area contributed by atoms with Crippen molar-refractivity contribution in [1.82, 2.24) is 4.31 Å². The van der Waals surface area contributed by atoms with E-state index in [-0.39, 0.29) is 11.5 Å². The smallest absolute Gasteiger partial charge is 0.242 e. The van der Waals surface area contributed by atoms with Crippen LogP contribution in [0, 0.1) is 0 Å². The highest BCUT2D eigenvalue weighted by Gasteiger charge is 2.17. The second-order valence-electron chi connectivity index (χ2n) is 5.53. The Balaban J connectivity index is 2.08. The van der Waals surface area contributed by atoms with Gasteiger partial charge in [0.05, 0.1) is 25.3 Å². The van der Waals surface area contributed by atoms with E-state index >= 15 is 0 Å². The van der Waals surface area contributed by atoms with Crippen LogP contribution in [0.1, 0.15) is 11.1 Å². The highest BCUT2D eigenvalue weighted by atomic mass is 32.2. The predicted octanol–water partition coefficient (Wildman–Crippen LogP) is 2.50. The van der Waals surface area contributed by atoms with Gasteiger partial charge in [0.2, 0.25) is 10.0 Å². The van der Waals surface area contributed by atoms with E-state index in [9.17, 15) is 8.42 Å². The van der Waals surface area contributed by atoms with Crippen molar-refractivity contribution in [2.75, 3.05) is 28.3 Å². The third-order valence-corrected chi connectivity index (χ3v) is 5.42. The maximum Gasteiger partial charge on any atom is 0.242 e. The van der Waals surface area contributed by atoms with Gasteiger partial charge in [0.1, 0.15) is 6.61 Å². The molecule has 0 saturated carbocycles. The van der Waals surface area contributed by atoms with E-state index < -0.39 is 10.0 Å². The number of oxime groups is 1. The van der Waals surface area contributed by atoms with Crippen LogP contribution in [0.25, 0.3) is 0 Å². The Hall–Kier alpha value is -2.58. The summed E-state index contributed by atoms with van der Waals surface area (Å²) in [5.74, 6) is 1.15. The zero-order valence-corrected chi connectivity index (χ0v) is 16.0. The molecule has 0 atom stereocenters. The van der Waals surface area contributed by atoms with Crippen LogP contribution in [0.15, 0.2) is 52.5 Å². The highest BCUT2D eigenvalue weighted by Crippen LogP contribution is 2.29. The van der Waals surface area contributed by atoms with Crippen LogP contribution in [-0.2, 0) is 21.5 Å². The maximum atomic E-state index is 12.2. The number of rotatable bonds is 8. The normalized spacial score (nSPS) is 11.7. The van der Waals surface area contributed by atoms with Crippen molar-refractivity contribution in [1.29, 1.82) is 0 Å². The van der Waals surface area contributed by atoms with Gasteiger partial charge in [-0.2, -0.15) is 0 Å². The zero-order chi connectivity index (χ0) is 19.2. The van der Waals surface area contributed by atoms with E-state index in [0.29, 0.717) is 22.6 Å². The van der Waals surface area contributed by atoms with Gasteiger partial charge in [-0.1, -0.05) is 23.4 Å². The molecule has 0 fully saturated rings. The fourth-order valence-corrected chi connectivity index (χ4v) is 3.20. The third-order valence-electron chi connectivity index (χ3n) is 3.61. The van der Waals surface area contributed by atoms with Crippen molar-refractivity contribution in [3.8, 4) is 11.5 Å². The number of sulfonamides is 1. The molecular weight excluding hydrogens is 356 g/mol. The molecule has 140 valence electrons. The molecule has 2 aromatic rings. The lowest BCUT2D eigenvalue weighted by Gasteiger charge is -2.12. The second-order valence-corrected chi connectivity index (χ2v) is 7.68. The van der Waals surface area contributed by atoms with Crippen LogP contribution < -0.4 is 9.47 Å². The summed E-state index contributed by atoms with van der Waals surface area (Å²) in [5, 5.41) is 3.93. The number of para-hydroxylation sites is 1. The molecular formula is C18H22N2O5S. The molecule has 0 aliphatic rings. The first-order valence-corrected chi connectivity index (χ1v) is 9.22. The average Bonchev–Trinajstić information content (AvgIpc) is 2.64. The maximum absolute atomic E-state index is 12.2. The van der Waals surface area contributed by atoms with Crippen molar-refractivity contribution >= 4 is 16.2 Å². The van der Waals surface area contributed by atoms with Crippen molar-refractivity contribution in [2.45, 2.75) is 11.5 Å². The Bertz CT molecular complexity index is 879.